The summed E-state index contributed by atoms with van der Waals surface area (Å²) in [5.41, 5.74) is 2.66. The van der Waals surface area contributed by atoms with Gasteiger partial charge in [-0.1, -0.05) is 48.6 Å². The first-order chi connectivity index (χ1) is 16.3. The lowest BCUT2D eigenvalue weighted by Crippen LogP contribution is -2.49. The summed E-state index contributed by atoms with van der Waals surface area (Å²) in [6.45, 7) is 6.04. The number of carbonyl (C=O) groups is 3. The number of benzene rings is 2. The number of imide groups is 1. The summed E-state index contributed by atoms with van der Waals surface area (Å²) in [4.78, 5) is 41.2. The van der Waals surface area contributed by atoms with Crippen molar-refractivity contribution in [3.8, 4) is 0 Å². The molecule has 9 heteroatoms. The number of hydrogen-bond acceptors (Lipinski definition) is 6. The van der Waals surface area contributed by atoms with Crippen molar-refractivity contribution >= 4 is 46.5 Å². The van der Waals surface area contributed by atoms with Gasteiger partial charge in [0.05, 0.1) is 22.9 Å². The fraction of sp³-hybridized carbons (Fsp3) is 0.320. The van der Waals surface area contributed by atoms with E-state index in [1.165, 1.54) is 5.01 Å². The number of hydrogen-bond donors (Lipinski definition) is 1. The summed E-state index contributed by atoms with van der Waals surface area (Å²) < 4.78 is 4.99. The van der Waals surface area contributed by atoms with E-state index in [0.717, 1.165) is 21.6 Å². The molecule has 3 atom stereocenters. The van der Waals surface area contributed by atoms with Gasteiger partial charge < -0.3 is 10.1 Å². The standard InChI is InChI=1S/C25H24N4O4S/c1-14-9-10-17(13-15(14)2)19-20(21(30)28-11-12-33-24(28)32)26-22(34)25(19)16(3)27-29(23(25)31)18-7-5-4-6-8-18/h4-10,13,19-20H,11-12H2,1-3H3,(H,26,34)/t19-,20-,25+/m0/s1. The fourth-order valence-electron chi connectivity index (χ4n) is 5.06. The van der Waals surface area contributed by atoms with Crippen LogP contribution in [0.15, 0.2) is 53.6 Å². The summed E-state index contributed by atoms with van der Waals surface area (Å²) in [6, 6.07) is 14.0. The normalized spacial score (nSPS) is 26.2. The lowest BCUT2D eigenvalue weighted by atomic mass is 9.68. The Balaban J connectivity index is 1.66. The first-order valence-corrected chi connectivity index (χ1v) is 11.5. The van der Waals surface area contributed by atoms with E-state index < -0.39 is 29.4 Å². The molecule has 2 saturated heterocycles. The minimum atomic E-state index is -1.35. The van der Waals surface area contributed by atoms with E-state index in [1.807, 2.05) is 50.2 Å². The van der Waals surface area contributed by atoms with Crippen molar-refractivity contribution in [2.45, 2.75) is 32.7 Å². The molecule has 1 spiro atoms. The number of aryl methyl sites for hydroxylation is 2. The molecule has 0 aliphatic carbocycles. The van der Waals surface area contributed by atoms with Crippen molar-refractivity contribution < 1.29 is 19.1 Å². The molecule has 0 bridgehead atoms. The number of cyclic esters (lactones) is 1. The van der Waals surface area contributed by atoms with Crippen LogP contribution in [0.4, 0.5) is 10.5 Å². The van der Waals surface area contributed by atoms with Crippen LogP contribution < -0.4 is 10.3 Å². The van der Waals surface area contributed by atoms with Gasteiger partial charge in [-0.2, -0.15) is 10.1 Å². The maximum atomic E-state index is 14.1. The molecule has 2 fully saturated rings. The highest BCUT2D eigenvalue weighted by Gasteiger charge is 2.66. The number of anilines is 1. The number of nitrogens with one attached hydrogen (secondary N) is 1. The molecule has 174 valence electrons. The molecular weight excluding hydrogens is 452 g/mol. The second kappa shape index (κ2) is 8.02. The minimum Gasteiger partial charge on any atom is -0.447 e. The largest absolute Gasteiger partial charge is 0.447 e. The van der Waals surface area contributed by atoms with Crippen molar-refractivity contribution in [1.29, 1.82) is 0 Å². The molecule has 3 heterocycles. The zero-order valence-electron chi connectivity index (χ0n) is 19.1. The third-order valence-corrected chi connectivity index (χ3v) is 7.42. The molecule has 3 aliphatic rings. The molecule has 0 unspecified atom stereocenters. The Bertz CT molecular complexity index is 1260. The molecule has 5 rings (SSSR count). The van der Waals surface area contributed by atoms with Crippen molar-refractivity contribution in [3.05, 3.63) is 65.2 Å². The van der Waals surface area contributed by atoms with E-state index in [9.17, 15) is 14.4 Å². The smallest absolute Gasteiger partial charge is 0.416 e. The van der Waals surface area contributed by atoms with E-state index in [1.54, 1.807) is 19.1 Å². The fourth-order valence-corrected chi connectivity index (χ4v) is 5.54. The number of amides is 3. The summed E-state index contributed by atoms with van der Waals surface area (Å²) in [5.74, 6) is -1.48. The maximum Gasteiger partial charge on any atom is 0.416 e. The van der Waals surface area contributed by atoms with Crippen LogP contribution in [0.1, 0.15) is 29.5 Å². The molecule has 3 amide bonds. The van der Waals surface area contributed by atoms with Crippen molar-refractivity contribution in [2.24, 2.45) is 10.5 Å². The Kier molecular flexibility index (Phi) is 5.24. The second-order valence-corrected chi connectivity index (χ2v) is 9.23. The van der Waals surface area contributed by atoms with Gasteiger partial charge in [0.2, 0.25) is 0 Å². The van der Waals surface area contributed by atoms with Gasteiger partial charge in [0.15, 0.2) is 5.41 Å². The van der Waals surface area contributed by atoms with E-state index in [0.29, 0.717) is 11.4 Å². The average molecular weight is 477 g/mol. The molecule has 0 radical (unpaired) electrons. The number of thiocarbonyl (C=S) groups is 1. The lowest BCUT2D eigenvalue weighted by Gasteiger charge is -2.32. The van der Waals surface area contributed by atoms with Crippen LogP contribution in [-0.2, 0) is 14.3 Å². The van der Waals surface area contributed by atoms with Gasteiger partial charge in [0, 0.05) is 5.92 Å². The number of hydrazone groups is 1. The number of rotatable bonds is 3. The van der Waals surface area contributed by atoms with Crippen LogP contribution in [0.2, 0.25) is 0 Å². The zero-order valence-corrected chi connectivity index (χ0v) is 19.9. The maximum absolute atomic E-state index is 14.1. The van der Waals surface area contributed by atoms with Crippen LogP contribution >= 0.6 is 12.2 Å². The Hall–Kier alpha value is -3.59. The average Bonchev–Trinajstić information content (AvgIpc) is 3.47. The van der Waals surface area contributed by atoms with Gasteiger partial charge >= 0.3 is 6.09 Å². The molecule has 2 aromatic rings. The van der Waals surface area contributed by atoms with Crippen LogP contribution in [0.25, 0.3) is 0 Å². The Morgan fingerprint density at radius 3 is 2.50 bits per heavy atom. The third-order valence-electron chi connectivity index (χ3n) is 6.98. The predicted molar refractivity (Wildman–Crippen MR) is 131 cm³/mol. The summed E-state index contributed by atoms with van der Waals surface area (Å²) in [6.07, 6.45) is -0.688. The van der Waals surface area contributed by atoms with Gasteiger partial charge in [-0.05, 0) is 49.6 Å². The molecule has 0 saturated carbocycles. The van der Waals surface area contributed by atoms with Crippen molar-refractivity contribution in [3.63, 3.8) is 0 Å². The monoisotopic (exact) mass is 476 g/mol. The number of carbonyl (C=O) groups excluding carboxylic acids is 3. The Morgan fingerprint density at radius 2 is 1.85 bits per heavy atom. The predicted octanol–water partition coefficient (Wildman–Crippen LogP) is 3.07. The first kappa shape index (κ1) is 22.2. The first-order valence-electron chi connectivity index (χ1n) is 11.1. The minimum absolute atomic E-state index is 0.141. The molecule has 3 aliphatic heterocycles. The van der Waals surface area contributed by atoms with E-state index >= 15 is 0 Å². The summed E-state index contributed by atoms with van der Waals surface area (Å²) in [5, 5.41) is 9.06. The lowest BCUT2D eigenvalue weighted by molar-refractivity contribution is -0.130. The van der Waals surface area contributed by atoms with Crippen molar-refractivity contribution in [1.82, 2.24) is 10.2 Å². The highest BCUT2D eigenvalue weighted by atomic mass is 32.1. The van der Waals surface area contributed by atoms with E-state index in [-0.39, 0.29) is 24.0 Å². The summed E-state index contributed by atoms with van der Waals surface area (Å²) in [7, 11) is 0. The molecule has 8 nitrogen and oxygen atoms in total. The number of para-hydroxylation sites is 1. The van der Waals surface area contributed by atoms with Gasteiger partial charge in [-0.15, -0.1) is 0 Å². The van der Waals surface area contributed by atoms with Crippen LogP contribution in [0.5, 0.6) is 0 Å². The van der Waals surface area contributed by atoms with Crippen molar-refractivity contribution in [2.75, 3.05) is 18.2 Å². The van der Waals surface area contributed by atoms with Gasteiger partial charge in [-0.3, -0.25) is 9.59 Å². The molecule has 1 N–H and O–H groups in total. The quantitative estimate of drug-likeness (QED) is 0.685. The van der Waals surface area contributed by atoms with Gasteiger partial charge in [0.1, 0.15) is 12.6 Å². The second-order valence-electron chi connectivity index (χ2n) is 8.82. The Labute approximate surface area is 202 Å². The van der Waals surface area contributed by atoms with Gasteiger partial charge in [-0.25, -0.2) is 9.69 Å². The highest BCUT2D eigenvalue weighted by molar-refractivity contribution is 7.80. The number of ether oxygens (including phenoxy) is 1. The zero-order chi connectivity index (χ0) is 24.2. The molecule has 2 aromatic carbocycles. The third kappa shape index (κ3) is 3.07. The van der Waals surface area contributed by atoms with Crippen LogP contribution in [-0.4, -0.2) is 52.7 Å². The topological polar surface area (TPSA) is 91.3 Å². The summed E-state index contributed by atoms with van der Waals surface area (Å²) >= 11 is 5.76. The van der Waals surface area contributed by atoms with Crippen LogP contribution in [0.3, 0.4) is 0 Å². The van der Waals surface area contributed by atoms with Crippen LogP contribution in [0, 0.1) is 19.3 Å². The van der Waals surface area contributed by atoms with Gasteiger partial charge in [0.25, 0.3) is 11.8 Å². The molecule has 34 heavy (non-hydrogen) atoms. The molecule has 0 aromatic heterocycles. The van der Waals surface area contributed by atoms with E-state index in [4.69, 9.17) is 17.0 Å². The number of nitrogens with zero attached hydrogens (tertiary/aromatic N) is 3. The molecular formula is C25H24N4O4S. The Morgan fingerprint density at radius 1 is 1.12 bits per heavy atom. The highest BCUT2D eigenvalue weighted by Crippen LogP contribution is 2.51. The SMILES string of the molecule is CC1=NN(c2ccccc2)C(=O)[C@]12C(=S)N[C@H](C(=O)N1CCOC1=O)[C@@H]2c1ccc(C)c(C)c1. The van der Waals surface area contributed by atoms with E-state index in [2.05, 4.69) is 10.4 Å².